The third kappa shape index (κ3) is 4.10. The minimum absolute atomic E-state index is 0. The number of benzene rings is 1. The van der Waals surface area contributed by atoms with Crippen molar-refractivity contribution in [1.29, 1.82) is 0 Å². The maximum atomic E-state index is 12.3. The van der Waals surface area contributed by atoms with E-state index in [1.807, 2.05) is 49.6 Å². The highest BCUT2D eigenvalue weighted by Gasteiger charge is 2.29. The molecular weight excluding hydrogens is 330 g/mol. The fourth-order valence-electron chi connectivity index (χ4n) is 2.51. The Morgan fingerprint density at radius 2 is 2.00 bits per heavy atom. The molecule has 2 unspecified atom stereocenters. The first-order chi connectivity index (χ1) is 10.6. The fourth-order valence-corrected chi connectivity index (χ4v) is 3.35. The van der Waals surface area contributed by atoms with Gasteiger partial charge in [-0.15, -0.1) is 23.7 Å². The Morgan fingerprint density at radius 3 is 2.61 bits per heavy atom. The number of nitrogens with zero attached hydrogens (tertiary/aromatic N) is 1. The average Bonchev–Trinajstić information content (AvgIpc) is 2.96. The van der Waals surface area contributed by atoms with Crippen molar-refractivity contribution < 1.29 is 4.79 Å². The smallest absolute Gasteiger partial charge is 0.223 e. The molecule has 0 radical (unpaired) electrons. The number of rotatable bonds is 5. The van der Waals surface area contributed by atoms with E-state index in [2.05, 4.69) is 15.6 Å². The molecule has 1 aromatic heterocycles. The standard InChI is InChI=1S/C17H21N3OS.ClH/c1-11(14-8-18-9-14)16(21)19-12(2)17-20-15(10-22-17)13-6-4-3-5-7-13;/h3-7,10-12,14,18H,8-9H2,1-2H3,(H,19,21);1H. The van der Waals surface area contributed by atoms with Crippen LogP contribution in [0.25, 0.3) is 11.3 Å². The molecule has 6 heteroatoms. The van der Waals surface area contributed by atoms with Crippen LogP contribution >= 0.6 is 23.7 Å². The molecule has 4 nitrogen and oxygen atoms in total. The predicted octanol–water partition coefficient (Wildman–Crippen LogP) is 3.26. The molecule has 3 rings (SSSR count). The first-order valence-corrected chi connectivity index (χ1v) is 8.55. The Morgan fingerprint density at radius 1 is 1.30 bits per heavy atom. The zero-order valence-electron chi connectivity index (χ0n) is 13.3. The molecule has 2 atom stereocenters. The van der Waals surface area contributed by atoms with Crippen LogP contribution < -0.4 is 10.6 Å². The maximum Gasteiger partial charge on any atom is 0.223 e. The van der Waals surface area contributed by atoms with Gasteiger partial charge >= 0.3 is 0 Å². The summed E-state index contributed by atoms with van der Waals surface area (Å²) in [5, 5.41) is 9.30. The van der Waals surface area contributed by atoms with Crippen LogP contribution in [0.2, 0.25) is 0 Å². The zero-order valence-corrected chi connectivity index (χ0v) is 14.9. The van der Waals surface area contributed by atoms with E-state index in [-0.39, 0.29) is 30.3 Å². The van der Waals surface area contributed by atoms with E-state index in [1.165, 1.54) is 0 Å². The quantitative estimate of drug-likeness (QED) is 0.869. The SMILES string of the molecule is CC(NC(=O)C(C)C1CNC1)c1nc(-c2ccccc2)cs1.Cl. The lowest BCUT2D eigenvalue weighted by molar-refractivity contribution is -0.127. The highest BCUT2D eigenvalue weighted by Crippen LogP contribution is 2.26. The Kier molecular flexibility index (Phi) is 6.16. The number of hydrogen-bond acceptors (Lipinski definition) is 4. The summed E-state index contributed by atoms with van der Waals surface area (Å²) in [4.78, 5) is 16.9. The number of carbonyl (C=O) groups excluding carboxylic acids is 1. The van der Waals surface area contributed by atoms with Crippen molar-refractivity contribution in [3.8, 4) is 11.3 Å². The molecule has 0 saturated carbocycles. The largest absolute Gasteiger partial charge is 0.347 e. The summed E-state index contributed by atoms with van der Waals surface area (Å²) in [6.07, 6.45) is 0. The van der Waals surface area contributed by atoms with E-state index < -0.39 is 0 Å². The van der Waals surface area contributed by atoms with Crippen molar-refractivity contribution in [3.05, 3.63) is 40.7 Å². The predicted molar refractivity (Wildman–Crippen MR) is 96.9 cm³/mol. The molecule has 1 fully saturated rings. The molecule has 2 N–H and O–H groups in total. The number of halogens is 1. The van der Waals surface area contributed by atoms with Crippen molar-refractivity contribution in [2.75, 3.05) is 13.1 Å². The number of amides is 1. The Hall–Kier alpha value is -1.43. The van der Waals surface area contributed by atoms with Gasteiger partial charge in [-0.3, -0.25) is 4.79 Å². The van der Waals surface area contributed by atoms with Crippen molar-refractivity contribution in [1.82, 2.24) is 15.6 Å². The molecule has 1 aliphatic rings. The monoisotopic (exact) mass is 351 g/mol. The van der Waals surface area contributed by atoms with Gasteiger partial charge < -0.3 is 10.6 Å². The maximum absolute atomic E-state index is 12.3. The van der Waals surface area contributed by atoms with Crippen molar-refractivity contribution in [2.24, 2.45) is 11.8 Å². The van der Waals surface area contributed by atoms with Crippen LogP contribution in [0.5, 0.6) is 0 Å². The van der Waals surface area contributed by atoms with Crippen molar-refractivity contribution >= 4 is 29.7 Å². The van der Waals surface area contributed by atoms with E-state index in [0.717, 1.165) is 29.4 Å². The van der Waals surface area contributed by atoms with Gasteiger partial charge in [-0.2, -0.15) is 0 Å². The van der Waals surface area contributed by atoms with Gasteiger partial charge in [0.15, 0.2) is 0 Å². The first kappa shape index (κ1) is 17.9. The zero-order chi connectivity index (χ0) is 15.5. The van der Waals surface area contributed by atoms with Gasteiger partial charge in [-0.25, -0.2) is 4.98 Å². The summed E-state index contributed by atoms with van der Waals surface area (Å²) in [5.41, 5.74) is 2.08. The summed E-state index contributed by atoms with van der Waals surface area (Å²) in [5.74, 6) is 0.635. The molecule has 1 saturated heterocycles. The molecule has 23 heavy (non-hydrogen) atoms. The van der Waals surface area contributed by atoms with Gasteiger partial charge in [0.2, 0.25) is 5.91 Å². The van der Waals surface area contributed by atoms with Gasteiger partial charge in [-0.1, -0.05) is 37.3 Å². The molecule has 1 amide bonds. The third-order valence-corrected chi connectivity index (χ3v) is 5.28. The Bertz CT molecular complexity index is 642. The highest BCUT2D eigenvalue weighted by atomic mass is 35.5. The molecule has 1 aromatic carbocycles. The second kappa shape index (κ2) is 7.90. The van der Waals surface area contributed by atoms with Crippen LogP contribution in [0.15, 0.2) is 35.7 Å². The van der Waals surface area contributed by atoms with Crippen LogP contribution in [0.3, 0.4) is 0 Å². The molecule has 0 bridgehead atoms. The minimum atomic E-state index is -0.0505. The van der Waals surface area contributed by atoms with Crippen LogP contribution in [0.4, 0.5) is 0 Å². The van der Waals surface area contributed by atoms with Crippen LogP contribution in [-0.4, -0.2) is 24.0 Å². The Labute approximate surface area is 147 Å². The van der Waals surface area contributed by atoms with E-state index in [9.17, 15) is 4.79 Å². The average molecular weight is 352 g/mol. The lowest BCUT2D eigenvalue weighted by Gasteiger charge is -2.32. The second-order valence-corrected chi connectivity index (χ2v) is 6.76. The van der Waals surface area contributed by atoms with Gasteiger partial charge in [0.05, 0.1) is 11.7 Å². The van der Waals surface area contributed by atoms with Crippen LogP contribution in [0, 0.1) is 11.8 Å². The van der Waals surface area contributed by atoms with Gasteiger partial charge in [0.25, 0.3) is 0 Å². The second-order valence-electron chi connectivity index (χ2n) is 5.87. The summed E-state index contributed by atoms with van der Waals surface area (Å²) in [7, 11) is 0. The number of nitrogens with one attached hydrogen (secondary N) is 2. The van der Waals surface area contributed by atoms with Crippen LogP contribution in [-0.2, 0) is 4.79 Å². The lowest BCUT2D eigenvalue weighted by atomic mass is 9.88. The molecule has 1 aliphatic heterocycles. The topological polar surface area (TPSA) is 54.0 Å². The molecule has 2 aromatic rings. The summed E-state index contributed by atoms with van der Waals surface area (Å²) < 4.78 is 0. The fraction of sp³-hybridized carbons (Fsp3) is 0.412. The van der Waals surface area contributed by atoms with E-state index >= 15 is 0 Å². The summed E-state index contributed by atoms with van der Waals surface area (Å²) in [6, 6.07) is 10.1. The van der Waals surface area contributed by atoms with Gasteiger partial charge in [0, 0.05) is 16.9 Å². The molecule has 0 spiro atoms. The summed E-state index contributed by atoms with van der Waals surface area (Å²) in [6.45, 7) is 5.89. The Balaban J connectivity index is 0.00000192. The van der Waals surface area contributed by atoms with Crippen LogP contribution in [0.1, 0.15) is 24.9 Å². The normalized spacial score (nSPS) is 16.8. The van der Waals surface area contributed by atoms with E-state index in [1.54, 1.807) is 11.3 Å². The molecule has 2 heterocycles. The number of carbonyl (C=O) groups is 1. The number of hydrogen-bond donors (Lipinski definition) is 2. The van der Waals surface area contributed by atoms with E-state index in [4.69, 9.17) is 0 Å². The lowest BCUT2D eigenvalue weighted by Crippen LogP contribution is -2.49. The summed E-state index contributed by atoms with van der Waals surface area (Å²) >= 11 is 1.60. The van der Waals surface area contributed by atoms with Gasteiger partial charge in [-0.05, 0) is 25.9 Å². The first-order valence-electron chi connectivity index (χ1n) is 7.67. The van der Waals surface area contributed by atoms with E-state index in [0.29, 0.717) is 5.92 Å². The molecule has 124 valence electrons. The van der Waals surface area contributed by atoms with Crippen molar-refractivity contribution in [2.45, 2.75) is 19.9 Å². The highest BCUT2D eigenvalue weighted by molar-refractivity contribution is 7.10. The number of aromatic nitrogens is 1. The van der Waals surface area contributed by atoms with Gasteiger partial charge in [0.1, 0.15) is 5.01 Å². The molecular formula is C17H22ClN3OS. The number of thiazole rings is 1. The third-order valence-electron chi connectivity index (χ3n) is 4.25. The minimum Gasteiger partial charge on any atom is -0.347 e. The van der Waals surface area contributed by atoms with Crippen molar-refractivity contribution in [3.63, 3.8) is 0 Å². The molecule has 0 aliphatic carbocycles.